The summed E-state index contributed by atoms with van der Waals surface area (Å²) < 4.78 is 12.6. The van der Waals surface area contributed by atoms with Crippen molar-refractivity contribution < 1.29 is 14.3 Å². The fourth-order valence-corrected chi connectivity index (χ4v) is 2.49. The first-order chi connectivity index (χ1) is 9.80. The standard InChI is InChI=1S/C15H25N3O3/c1-11-10-18(16-13(11)20-5)12-6-8-17(9-7-12)14(19)21-15(2,3)4/h10,12H,6-9H2,1-5H3. The number of hydrogen-bond donors (Lipinski definition) is 0. The first kappa shape index (κ1) is 15.7. The summed E-state index contributed by atoms with van der Waals surface area (Å²) in [6, 6.07) is 0.311. The van der Waals surface area contributed by atoms with Crippen LogP contribution in [0, 0.1) is 6.92 Å². The maximum atomic E-state index is 12.0. The van der Waals surface area contributed by atoms with Crippen molar-refractivity contribution in [2.24, 2.45) is 0 Å². The molecule has 0 N–H and O–H groups in total. The molecule has 0 aliphatic carbocycles. The van der Waals surface area contributed by atoms with Gasteiger partial charge in [0.25, 0.3) is 0 Å². The second-order valence-electron chi connectivity index (χ2n) is 6.50. The lowest BCUT2D eigenvalue weighted by atomic mass is 10.1. The van der Waals surface area contributed by atoms with Crippen molar-refractivity contribution >= 4 is 6.09 Å². The third-order valence-corrected chi connectivity index (χ3v) is 3.55. The molecule has 1 aromatic heterocycles. The van der Waals surface area contributed by atoms with Crippen LogP contribution >= 0.6 is 0 Å². The van der Waals surface area contributed by atoms with Crippen LogP contribution in [0.3, 0.4) is 0 Å². The maximum Gasteiger partial charge on any atom is 0.410 e. The van der Waals surface area contributed by atoms with Gasteiger partial charge in [-0.05, 0) is 40.5 Å². The van der Waals surface area contributed by atoms with E-state index in [2.05, 4.69) is 5.10 Å². The van der Waals surface area contributed by atoms with E-state index in [1.165, 1.54) is 0 Å². The van der Waals surface area contributed by atoms with Crippen molar-refractivity contribution in [1.29, 1.82) is 0 Å². The second kappa shape index (κ2) is 5.95. The minimum absolute atomic E-state index is 0.227. The average molecular weight is 295 g/mol. The molecule has 1 aliphatic rings. The summed E-state index contributed by atoms with van der Waals surface area (Å²) in [5.41, 5.74) is 0.590. The maximum absolute atomic E-state index is 12.0. The zero-order valence-electron chi connectivity index (χ0n) is 13.5. The van der Waals surface area contributed by atoms with Crippen LogP contribution in [-0.2, 0) is 4.74 Å². The van der Waals surface area contributed by atoms with Gasteiger partial charge < -0.3 is 14.4 Å². The fraction of sp³-hybridized carbons (Fsp3) is 0.733. The molecule has 1 amide bonds. The highest BCUT2D eigenvalue weighted by Gasteiger charge is 2.28. The number of nitrogens with zero attached hydrogens (tertiary/aromatic N) is 3. The summed E-state index contributed by atoms with van der Waals surface area (Å²) in [5.74, 6) is 0.671. The van der Waals surface area contributed by atoms with Crippen molar-refractivity contribution in [3.05, 3.63) is 11.8 Å². The SMILES string of the molecule is COc1nn(C2CCN(C(=O)OC(C)(C)C)CC2)cc1C. The zero-order chi connectivity index (χ0) is 15.6. The fourth-order valence-electron chi connectivity index (χ4n) is 2.49. The molecule has 1 aromatic rings. The van der Waals surface area contributed by atoms with E-state index < -0.39 is 5.60 Å². The van der Waals surface area contributed by atoms with E-state index in [9.17, 15) is 4.79 Å². The Morgan fingerprint density at radius 2 is 1.95 bits per heavy atom. The van der Waals surface area contributed by atoms with Crippen molar-refractivity contribution in [2.75, 3.05) is 20.2 Å². The highest BCUT2D eigenvalue weighted by Crippen LogP contribution is 2.26. The van der Waals surface area contributed by atoms with E-state index in [0.717, 1.165) is 18.4 Å². The monoisotopic (exact) mass is 295 g/mol. The smallest absolute Gasteiger partial charge is 0.410 e. The quantitative estimate of drug-likeness (QED) is 0.842. The molecule has 0 aromatic carbocycles. The van der Waals surface area contributed by atoms with Crippen molar-refractivity contribution in [3.8, 4) is 5.88 Å². The van der Waals surface area contributed by atoms with Crippen LogP contribution in [0.25, 0.3) is 0 Å². The normalized spacial score (nSPS) is 16.9. The van der Waals surface area contributed by atoms with E-state index in [0.29, 0.717) is 25.0 Å². The number of aryl methyl sites for hydroxylation is 1. The van der Waals surface area contributed by atoms with Gasteiger partial charge in [-0.3, -0.25) is 4.68 Å². The predicted molar refractivity (Wildman–Crippen MR) is 79.6 cm³/mol. The third-order valence-electron chi connectivity index (χ3n) is 3.55. The molecule has 1 saturated heterocycles. The first-order valence-corrected chi connectivity index (χ1v) is 7.38. The summed E-state index contributed by atoms with van der Waals surface area (Å²) in [5, 5.41) is 4.44. The Bertz CT molecular complexity index is 497. The van der Waals surface area contributed by atoms with E-state index in [-0.39, 0.29) is 6.09 Å². The van der Waals surface area contributed by atoms with Crippen LogP contribution in [0.5, 0.6) is 5.88 Å². The van der Waals surface area contributed by atoms with Gasteiger partial charge in [-0.1, -0.05) is 0 Å². The van der Waals surface area contributed by atoms with Gasteiger partial charge in [0.1, 0.15) is 5.60 Å². The van der Waals surface area contributed by atoms with E-state index in [1.807, 2.05) is 38.6 Å². The number of aromatic nitrogens is 2. The third kappa shape index (κ3) is 3.89. The molecule has 0 atom stereocenters. The summed E-state index contributed by atoms with van der Waals surface area (Å²) in [6.45, 7) is 9.03. The molecule has 6 nitrogen and oxygen atoms in total. The van der Waals surface area contributed by atoms with Crippen molar-refractivity contribution in [3.63, 3.8) is 0 Å². The number of piperidine rings is 1. The van der Waals surface area contributed by atoms with Crippen LogP contribution in [-0.4, -0.2) is 46.6 Å². The molecule has 6 heteroatoms. The number of methoxy groups -OCH3 is 1. The summed E-state index contributed by atoms with van der Waals surface area (Å²) in [7, 11) is 1.63. The van der Waals surface area contributed by atoms with E-state index >= 15 is 0 Å². The molecule has 2 heterocycles. The van der Waals surface area contributed by atoms with Gasteiger partial charge in [0.2, 0.25) is 5.88 Å². The zero-order valence-corrected chi connectivity index (χ0v) is 13.5. The number of amides is 1. The van der Waals surface area contributed by atoms with Gasteiger partial charge in [-0.15, -0.1) is 5.10 Å². The van der Waals surface area contributed by atoms with E-state index in [1.54, 1.807) is 12.0 Å². The Balaban J connectivity index is 1.92. The first-order valence-electron chi connectivity index (χ1n) is 7.38. The minimum atomic E-state index is -0.444. The number of ether oxygens (including phenoxy) is 2. The van der Waals surface area contributed by atoms with Crippen LogP contribution in [0.2, 0.25) is 0 Å². The van der Waals surface area contributed by atoms with Crippen LogP contribution in [0.1, 0.15) is 45.2 Å². The highest BCUT2D eigenvalue weighted by molar-refractivity contribution is 5.68. The van der Waals surface area contributed by atoms with Crippen LogP contribution < -0.4 is 4.74 Å². The molecule has 0 radical (unpaired) electrons. The Hall–Kier alpha value is -1.72. The summed E-state index contributed by atoms with van der Waals surface area (Å²) in [4.78, 5) is 13.8. The molecule has 21 heavy (non-hydrogen) atoms. The minimum Gasteiger partial charge on any atom is -0.480 e. The molecule has 0 unspecified atom stereocenters. The summed E-state index contributed by atoms with van der Waals surface area (Å²) >= 11 is 0. The van der Waals surface area contributed by atoms with Gasteiger partial charge in [-0.25, -0.2) is 4.79 Å². The number of likely N-dealkylation sites (tertiary alicyclic amines) is 1. The van der Waals surface area contributed by atoms with Crippen LogP contribution in [0.4, 0.5) is 4.79 Å². The largest absolute Gasteiger partial charge is 0.480 e. The number of carbonyl (C=O) groups excluding carboxylic acids is 1. The lowest BCUT2D eigenvalue weighted by Crippen LogP contribution is -2.42. The Morgan fingerprint density at radius 1 is 1.33 bits per heavy atom. The van der Waals surface area contributed by atoms with Gasteiger partial charge in [-0.2, -0.15) is 0 Å². The lowest BCUT2D eigenvalue weighted by Gasteiger charge is -2.33. The molecular formula is C15H25N3O3. The average Bonchev–Trinajstić information content (AvgIpc) is 2.78. The predicted octanol–water partition coefficient (Wildman–Crippen LogP) is 2.77. The molecule has 0 spiro atoms. The second-order valence-corrected chi connectivity index (χ2v) is 6.50. The molecule has 1 aliphatic heterocycles. The van der Waals surface area contributed by atoms with Gasteiger partial charge in [0, 0.05) is 24.8 Å². The number of carbonyl (C=O) groups is 1. The number of rotatable bonds is 2. The van der Waals surface area contributed by atoms with Gasteiger partial charge in [0.15, 0.2) is 0 Å². The van der Waals surface area contributed by atoms with Crippen molar-refractivity contribution in [2.45, 2.75) is 52.2 Å². The Morgan fingerprint density at radius 3 is 2.43 bits per heavy atom. The van der Waals surface area contributed by atoms with Crippen molar-refractivity contribution in [1.82, 2.24) is 14.7 Å². The topological polar surface area (TPSA) is 56.6 Å². The highest BCUT2D eigenvalue weighted by atomic mass is 16.6. The Kier molecular flexibility index (Phi) is 4.44. The summed E-state index contributed by atoms with van der Waals surface area (Å²) in [6.07, 6.45) is 3.54. The molecular weight excluding hydrogens is 270 g/mol. The lowest BCUT2D eigenvalue weighted by molar-refractivity contribution is 0.0184. The molecule has 1 fully saturated rings. The molecule has 2 rings (SSSR count). The van der Waals surface area contributed by atoms with E-state index in [4.69, 9.17) is 9.47 Å². The van der Waals surface area contributed by atoms with Gasteiger partial charge in [0.05, 0.1) is 13.2 Å². The van der Waals surface area contributed by atoms with Crippen LogP contribution in [0.15, 0.2) is 6.20 Å². The molecule has 0 saturated carbocycles. The van der Waals surface area contributed by atoms with Gasteiger partial charge >= 0.3 is 6.09 Å². The molecule has 0 bridgehead atoms. The molecule has 118 valence electrons. The number of hydrogen-bond acceptors (Lipinski definition) is 4. The Labute approximate surface area is 126 Å².